The lowest BCUT2D eigenvalue weighted by Gasteiger charge is -2.37. The first-order valence-electron chi connectivity index (χ1n) is 8.60. The maximum Gasteiger partial charge on any atom is 0.457 e. The smallest absolute Gasteiger partial charge is 0.221 e. The van der Waals surface area contributed by atoms with E-state index < -0.39 is 68.2 Å². The molecule has 0 aromatic heterocycles. The normalized spacial score (nSPS) is 15.5. The minimum absolute atomic E-state index is 0.00701. The highest BCUT2D eigenvalue weighted by atomic mass is 79.9. The Morgan fingerprint density at radius 2 is 1.30 bits per heavy atom. The molecule has 0 aliphatic rings. The van der Waals surface area contributed by atoms with Gasteiger partial charge in [-0.2, -0.15) is 48.3 Å². The van der Waals surface area contributed by atoms with E-state index in [1.807, 2.05) is 0 Å². The van der Waals surface area contributed by atoms with Crippen molar-refractivity contribution >= 4 is 15.9 Å². The number of benzene rings is 2. The molecular weight excluding hydrogens is 555 g/mol. The molecule has 2 rings (SSSR count). The number of hydrogen-bond donors (Lipinski definition) is 0. The number of rotatable bonds is 4. The van der Waals surface area contributed by atoms with E-state index in [9.17, 15) is 52.7 Å². The molecule has 0 nitrogen and oxygen atoms in total. The van der Waals surface area contributed by atoms with Gasteiger partial charge in [0.1, 0.15) is 5.82 Å². The number of alkyl halides is 12. The molecule has 0 heterocycles. The van der Waals surface area contributed by atoms with Crippen LogP contribution < -0.4 is 0 Å². The molecule has 184 valence electrons. The molecule has 1 atom stereocenters. The van der Waals surface area contributed by atoms with Gasteiger partial charge in [0.05, 0.1) is 5.56 Å². The Morgan fingerprint density at radius 3 is 1.73 bits per heavy atom. The van der Waals surface area contributed by atoms with Crippen LogP contribution in [0.4, 0.5) is 57.1 Å². The van der Waals surface area contributed by atoms with Crippen molar-refractivity contribution in [2.24, 2.45) is 0 Å². The molecular formula is C19H10BrF13. The fourth-order valence-electron chi connectivity index (χ4n) is 3.00. The van der Waals surface area contributed by atoms with Crippen molar-refractivity contribution < 1.29 is 57.1 Å². The molecule has 14 heteroatoms. The second kappa shape index (κ2) is 8.35. The largest absolute Gasteiger partial charge is 0.457 e. The minimum Gasteiger partial charge on any atom is -0.221 e. The van der Waals surface area contributed by atoms with E-state index in [0.29, 0.717) is 0 Å². The second-order valence-electron chi connectivity index (χ2n) is 6.77. The SMILES string of the molecule is CCc1cc(Br)c(-c2cc(C(F)(F)F)ccc2F)c(C(F)(C(F)(F)F)C(F)(F)C(F)(F)F)c1. The quantitative estimate of drug-likeness (QED) is 0.326. The summed E-state index contributed by atoms with van der Waals surface area (Å²) in [6.45, 7) is 1.23. The maximum atomic E-state index is 15.3. The first-order valence-corrected chi connectivity index (χ1v) is 9.39. The Hall–Kier alpha value is -1.99. The van der Waals surface area contributed by atoms with E-state index in [1.54, 1.807) is 0 Å². The van der Waals surface area contributed by atoms with Crippen molar-refractivity contribution in [2.45, 2.75) is 43.5 Å². The molecule has 0 radical (unpaired) electrons. The van der Waals surface area contributed by atoms with E-state index in [4.69, 9.17) is 0 Å². The van der Waals surface area contributed by atoms with Crippen LogP contribution in [0.5, 0.6) is 0 Å². The zero-order chi connectivity index (χ0) is 25.8. The summed E-state index contributed by atoms with van der Waals surface area (Å²) in [4.78, 5) is 0. The molecule has 0 saturated heterocycles. The van der Waals surface area contributed by atoms with Crippen LogP contribution in [0, 0.1) is 5.82 Å². The van der Waals surface area contributed by atoms with Crippen LogP contribution in [0.15, 0.2) is 34.8 Å². The van der Waals surface area contributed by atoms with E-state index in [-0.39, 0.29) is 30.7 Å². The zero-order valence-corrected chi connectivity index (χ0v) is 17.5. The summed E-state index contributed by atoms with van der Waals surface area (Å²) in [5, 5.41) is 0. The number of halogens is 14. The average Bonchev–Trinajstić information content (AvgIpc) is 2.64. The molecule has 0 spiro atoms. The van der Waals surface area contributed by atoms with Gasteiger partial charge in [-0.25, -0.2) is 8.78 Å². The van der Waals surface area contributed by atoms with Crippen molar-refractivity contribution in [1.82, 2.24) is 0 Å². The van der Waals surface area contributed by atoms with Gasteiger partial charge in [0.15, 0.2) is 0 Å². The van der Waals surface area contributed by atoms with Gasteiger partial charge < -0.3 is 0 Å². The lowest BCUT2D eigenvalue weighted by atomic mass is 9.81. The molecule has 0 fully saturated rings. The van der Waals surface area contributed by atoms with Gasteiger partial charge in [0.25, 0.3) is 0 Å². The van der Waals surface area contributed by atoms with Crippen molar-refractivity contribution in [2.75, 3.05) is 0 Å². The summed E-state index contributed by atoms with van der Waals surface area (Å²) < 4.78 is 176. The highest BCUT2D eigenvalue weighted by Gasteiger charge is 2.82. The van der Waals surface area contributed by atoms with Crippen LogP contribution in [0.2, 0.25) is 0 Å². The van der Waals surface area contributed by atoms with Crippen molar-refractivity contribution in [3.63, 3.8) is 0 Å². The highest BCUT2D eigenvalue weighted by Crippen LogP contribution is 2.60. The number of hydrogen-bond acceptors (Lipinski definition) is 0. The van der Waals surface area contributed by atoms with Crippen LogP contribution in [0.3, 0.4) is 0 Å². The minimum atomic E-state index is -7.10. The summed E-state index contributed by atoms with van der Waals surface area (Å²) in [5.74, 6) is -8.83. The van der Waals surface area contributed by atoms with E-state index in [1.165, 1.54) is 6.92 Å². The molecule has 0 aliphatic carbocycles. The summed E-state index contributed by atoms with van der Waals surface area (Å²) >= 11 is 2.55. The molecule has 0 aliphatic heterocycles. The third-order valence-electron chi connectivity index (χ3n) is 4.67. The van der Waals surface area contributed by atoms with Crippen LogP contribution in [0.25, 0.3) is 11.1 Å². The zero-order valence-electron chi connectivity index (χ0n) is 15.9. The van der Waals surface area contributed by atoms with E-state index in [0.717, 1.165) is 6.07 Å². The lowest BCUT2D eigenvalue weighted by molar-refractivity contribution is -0.389. The van der Waals surface area contributed by atoms with Gasteiger partial charge >= 0.3 is 30.1 Å². The summed E-state index contributed by atoms with van der Waals surface area (Å²) in [7, 11) is 0. The topological polar surface area (TPSA) is 0 Å². The fourth-order valence-corrected chi connectivity index (χ4v) is 3.72. The Labute approximate surface area is 185 Å². The van der Waals surface area contributed by atoms with Gasteiger partial charge in [0, 0.05) is 21.2 Å². The highest BCUT2D eigenvalue weighted by molar-refractivity contribution is 9.10. The summed E-state index contributed by atoms with van der Waals surface area (Å²) in [6, 6.07) is 0.974. The Balaban J connectivity index is 3.12. The molecule has 33 heavy (non-hydrogen) atoms. The summed E-state index contributed by atoms with van der Waals surface area (Å²) in [6.07, 6.45) is -19.5. The molecule has 0 amide bonds. The maximum absolute atomic E-state index is 15.3. The van der Waals surface area contributed by atoms with Gasteiger partial charge in [0.2, 0.25) is 0 Å². The van der Waals surface area contributed by atoms with Crippen LogP contribution >= 0.6 is 15.9 Å². The monoisotopic (exact) mass is 564 g/mol. The third-order valence-corrected chi connectivity index (χ3v) is 5.30. The molecule has 0 N–H and O–H groups in total. The number of aryl methyl sites for hydroxylation is 1. The van der Waals surface area contributed by atoms with Gasteiger partial charge in [-0.1, -0.05) is 28.9 Å². The Kier molecular flexibility index (Phi) is 6.89. The predicted octanol–water partition coefficient (Wildman–Crippen LogP) is 8.76. The molecule has 2 aromatic carbocycles. The standard InChI is InChI=1S/C19H10BrF13/c1-2-8-5-11(15(22,18(28,29)30)17(26,27)19(31,32)33)14(12(20)6-8)10-7-9(16(23,24)25)3-4-13(10)21/h3-7H,2H2,1H3. The molecule has 0 saturated carbocycles. The Bertz CT molecular complexity index is 1030. The van der Waals surface area contributed by atoms with Crippen LogP contribution in [-0.2, 0) is 18.3 Å². The first-order chi connectivity index (χ1) is 14.7. The third kappa shape index (κ3) is 4.54. The first kappa shape index (κ1) is 27.3. The van der Waals surface area contributed by atoms with Crippen molar-refractivity contribution in [1.29, 1.82) is 0 Å². The average molecular weight is 565 g/mol. The summed E-state index contributed by atoms with van der Waals surface area (Å²) in [5.41, 5.74) is -14.0. The van der Waals surface area contributed by atoms with Crippen LogP contribution in [-0.4, -0.2) is 18.3 Å². The van der Waals surface area contributed by atoms with Crippen molar-refractivity contribution in [3.05, 3.63) is 57.3 Å². The van der Waals surface area contributed by atoms with Crippen LogP contribution in [0.1, 0.15) is 23.6 Å². The van der Waals surface area contributed by atoms with Gasteiger partial charge in [-0.15, -0.1) is 0 Å². The lowest BCUT2D eigenvalue weighted by Crippen LogP contribution is -2.60. The molecule has 1 unspecified atom stereocenters. The van der Waals surface area contributed by atoms with Crippen molar-refractivity contribution in [3.8, 4) is 11.1 Å². The molecule has 2 aromatic rings. The van der Waals surface area contributed by atoms with Gasteiger partial charge in [-0.3, -0.25) is 0 Å². The Morgan fingerprint density at radius 1 is 0.758 bits per heavy atom. The van der Waals surface area contributed by atoms with E-state index in [2.05, 4.69) is 15.9 Å². The fraction of sp³-hybridized carbons (Fsp3) is 0.368. The molecule has 0 bridgehead atoms. The van der Waals surface area contributed by atoms with Gasteiger partial charge in [-0.05, 0) is 36.2 Å². The second-order valence-corrected chi connectivity index (χ2v) is 7.63. The van der Waals surface area contributed by atoms with E-state index >= 15 is 4.39 Å². The predicted molar refractivity (Wildman–Crippen MR) is 93.8 cm³/mol.